The number of nitrogens with one attached hydrogen (secondary N) is 2. The number of carbonyl (C=O) groups is 1. The summed E-state index contributed by atoms with van der Waals surface area (Å²) in [6.45, 7) is 6.83. The van der Waals surface area contributed by atoms with E-state index < -0.39 is 0 Å². The summed E-state index contributed by atoms with van der Waals surface area (Å²) in [5.74, 6) is -0.0428. The smallest absolute Gasteiger partial charge is 0.221 e. The third-order valence-corrected chi connectivity index (χ3v) is 2.88. The van der Waals surface area contributed by atoms with Crippen LogP contribution in [0.25, 0.3) is 0 Å². The number of rotatable bonds is 6. The standard InChI is InChI=1S/C15H25N3O/c1-11(10-18(4)5)16-12(2)14-7-6-8-15(9-14)17-13(3)19/h6-9,11-12,16H,10H2,1-5H3,(H,17,19). The molecule has 0 radical (unpaired) electrons. The Bertz CT molecular complexity index is 418. The quantitative estimate of drug-likeness (QED) is 0.827. The minimum Gasteiger partial charge on any atom is -0.326 e. The first-order valence-electron chi connectivity index (χ1n) is 6.67. The second-order valence-corrected chi connectivity index (χ2v) is 5.36. The molecule has 0 aliphatic heterocycles. The third-order valence-electron chi connectivity index (χ3n) is 2.88. The Hall–Kier alpha value is -1.39. The number of hydrogen-bond donors (Lipinski definition) is 2. The number of carbonyl (C=O) groups excluding carboxylic acids is 1. The third kappa shape index (κ3) is 5.85. The van der Waals surface area contributed by atoms with E-state index in [1.165, 1.54) is 12.5 Å². The van der Waals surface area contributed by atoms with E-state index in [-0.39, 0.29) is 11.9 Å². The van der Waals surface area contributed by atoms with Crippen LogP contribution in [-0.2, 0) is 4.79 Å². The first-order chi connectivity index (χ1) is 8.88. The van der Waals surface area contributed by atoms with Gasteiger partial charge in [0.25, 0.3) is 0 Å². The van der Waals surface area contributed by atoms with E-state index in [0.717, 1.165) is 12.2 Å². The molecule has 0 spiro atoms. The monoisotopic (exact) mass is 263 g/mol. The Kier molecular flexibility index (Phi) is 5.99. The van der Waals surface area contributed by atoms with Gasteiger partial charge in [-0.3, -0.25) is 4.79 Å². The van der Waals surface area contributed by atoms with Crippen LogP contribution in [0.2, 0.25) is 0 Å². The minimum atomic E-state index is -0.0428. The lowest BCUT2D eigenvalue weighted by Gasteiger charge is -2.23. The van der Waals surface area contributed by atoms with Gasteiger partial charge in [-0.15, -0.1) is 0 Å². The first kappa shape index (κ1) is 15.7. The summed E-state index contributed by atoms with van der Waals surface area (Å²) in [5, 5.41) is 6.36. The Labute approximate surface area is 116 Å². The predicted molar refractivity (Wildman–Crippen MR) is 80.3 cm³/mol. The van der Waals surface area contributed by atoms with Crippen LogP contribution in [0.5, 0.6) is 0 Å². The zero-order valence-corrected chi connectivity index (χ0v) is 12.5. The molecule has 0 heterocycles. The van der Waals surface area contributed by atoms with E-state index in [4.69, 9.17) is 0 Å². The zero-order valence-electron chi connectivity index (χ0n) is 12.5. The number of nitrogens with zero attached hydrogens (tertiary/aromatic N) is 1. The molecule has 1 amide bonds. The molecule has 1 aromatic carbocycles. The second kappa shape index (κ2) is 7.26. The van der Waals surface area contributed by atoms with Crippen LogP contribution >= 0.6 is 0 Å². The van der Waals surface area contributed by atoms with E-state index in [0.29, 0.717) is 6.04 Å². The maximum absolute atomic E-state index is 11.1. The van der Waals surface area contributed by atoms with Crippen molar-refractivity contribution in [1.82, 2.24) is 10.2 Å². The fraction of sp³-hybridized carbons (Fsp3) is 0.533. The Morgan fingerprint density at radius 1 is 1.32 bits per heavy atom. The van der Waals surface area contributed by atoms with Crippen LogP contribution in [0.15, 0.2) is 24.3 Å². The van der Waals surface area contributed by atoms with E-state index in [2.05, 4.69) is 49.5 Å². The van der Waals surface area contributed by atoms with Gasteiger partial charge in [-0.2, -0.15) is 0 Å². The van der Waals surface area contributed by atoms with Crippen molar-refractivity contribution in [1.29, 1.82) is 0 Å². The van der Waals surface area contributed by atoms with Crippen molar-refractivity contribution in [3.05, 3.63) is 29.8 Å². The summed E-state index contributed by atoms with van der Waals surface area (Å²) in [6, 6.07) is 8.63. The van der Waals surface area contributed by atoms with Gasteiger partial charge < -0.3 is 15.5 Å². The van der Waals surface area contributed by atoms with Gasteiger partial charge in [0.15, 0.2) is 0 Å². The van der Waals surface area contributed by atoms with Crippen molar-refractivity contribution in [2.24, 2.45) is 0 Å². The lowest BCUT2D eigenvalue weighted by atomic mass is 10.1. The number of amides is 1. The summed E-state index contributed by atoms with van der Waals surface area (Å²) >= 11 is 0. The van der Waals surface area contributed by atoms with Crippen molar-refractivity contribution in [2.45, 2.75) is 32.9 Å². The molecule has 0 aliphatic rings. The fourth-order valence-corrected chi connectivity index (χ4v) is 2.21. The average Bonchev–Trinajstić information content (AvgIpc) is 2.27. The highest BCUT2D eigenvalue weighted by atomic mass is 16.1. The number of hydrogen-bond acceptors (Lipinski definition) is 3. The molecule has 1 aromatic rings. The predicted octanol–water partition coefficient (Wildman–Crippen LogP) is 2.25. The van der Waals surface area contributed by atoms with Gasteiger partial charge >= 0.3 is 0 Å². The molecule has 4 nitrogen and oxygen atoms in total. The zero-order chi connectivity index (χ0) is 14.4. The van der Waals surface area contributed by atoms with E-state index in [1.54, 1.807) is 0 Å². The molecule has 106 valence electrons. The van der Waals surface area contributed by atoms with Gasteiger partial charge in [0.1, 0.15) is 0 Å². The topological polar surface area (TPSA) is 44.4 Å². The van der Waals surface area contributed by atoms with E-state index in [1.807, 2.05) is 18.2 Å². The normalized spacial score (nSPS) is 14.2. The fourth-order valence-electron chi connectivity index (χ4n) is 2.21. The van der Waals surface area contributed by atoms with Crippen molar-refractivity contribution >= 4 is 11.6 Å². The van der Waals surface area contributed by atoms with Crippen LogP contribution in [-0.4, -0.2) is 37.5 Å². The molecule has 1 rings (SSSR count). The van der Waals surface area contributed by atoms with E-state index in [9.17, 15) is 4.79 Å². The van der Waals surface area contributed by atoms with Crippen molar-refractivity contribution in [3.8, 4) is 0 Å². The van der Waals surface area contributed by atoms with Gasteiger partial charge in [0, 0.05) is 31.2 Å². The molecule has 0 fully saturated rings. The van der Waals surface area contributed by atoms with Crippen LogP contribution in [0.4, 0.5) is 5.69 Å². The highest BCUT2D eigenvalue weighted by molar-refractivity contribution is 5.88. The summed E-state index contributed by atoms with van der Waals surface area (Å²) in [7, 11) is 4.14. The molecule has 4 heteroatoms. The van der Waals surface area contributed by atoms with Crippen LogP contribution in [0.1, 0.15) is 32.4 Å². The van der Waals surface area contributed by atoms with Gasteiger partial charge in [0.2, 0.25) is 5.91 Å². The second-order valence-electron chi connectivity index (χ2n) is 5.36. The number of anilines is 1. The lowest BCUT2D eigenvalue weighted by Crippen LogP contribution is -2.37. The van der Waals surface area contributed by atoms with Crippen molar-refractivity contribution in [3.63, 3.8) is 0 Å². The molecule has 0 aliphatic carbocycles. The maximum Gasteiger partial charge on any atom is 0.221 e. The summed E-state index contributed by atoms with van der Waals surface area (Å²) in [5.41, 5.74) is 2.02. The van der Waals surface area contributed by atoms with Crippen molar-refractivity contribution < 1.29 is 4.79 Å². The van der Waals surface area contributed by atoms with Gasteiger partial charge in [-0.05, 0) is 45.6 Å². The molecule has 0 saturated carbocycles. The molecule has 0 aromatic heterocycles. The number of likely N-dealkylation sites (N-methyl/N-ethyl adjacent to an activating group) is 1. The summed E-state index contributed by atoms with van der Waals surface area (Å²) in [4.78, 5) is 13.2. The average molecular weight is 263 g/mol. The van der Waals surface area contributed by atoms with Crippen LogP contribution < -0.4 is 10.6 Å². The summed E-state index contributed by atoms with van der Waals surface area (Å²) < 4.78 is 0. The Morgan fingerprint density at radius 2 is 2.00 bits per heavy atom. The van der Waals surface area contributed by atoms with Crippen LogP contribution in [0.3, 0.4) is 0 Å². The molecule has 0 bridgehead atoms. The van der Waals surface area contributed by atoms with Crippen molar-refractivity contribution in [2.75, 3.05) is 26.0 Å². The highest BCUT2D eigenvalue weighted by Crippen LogP contribution is 2.17. The van der Waals surface area contributed by atoms with Gasteiger partial charge in [-0.1, -0.05) is 12.1 Å². The largest absolute Gasteiger partial charge is 0.326 e. The molecular weight excluding hydrogens is 238 g/mol. The molecule has 2 atom stereocenters. The first-order valence-corrected chi connectivity index (χ1v) is 6.67. The lowest BCUT2D eigenvalue weighted by molar-refractivity contribution is -0.114. The van der Waals surface area contributed by atoms with Gasteiger partial charge in [0.05, 0.1) is 0 Å². The molecule has 2 N–H and O–H groups in total. The van der Waals surface area contributed by atoms with Crippen LogP contribution in [0, 0.1) is 0 Å². The Balaban J connectivity index is 2.65. The summed E-state index contributed by atoms with van der Waals surface area (Å²) in [6.07, 6.45) is 0. The van der Waals surface area contributed by atoms with E-state index >= 15 is 0 Å². The SMILES string of the molecule is CC(=O)Nc1cccc(C(C)NC(C)CN(C)C)c1. The maximum atomic E-state index is 11.1. The van der Waals surface area contributed by atoms with Gasteiger partial charge in [-0.25, -0.2) is 0 Å². The molecular formula is C15H25N3O. The number of benzene rings is 1. The highest BCUT2D eigenvalue weighted by Gasteiger charge is 2.10. The Morgan fingerprint density at radius 3 is 2.58 bits per heavy atom. The molecule has 19 heavy (non-hydrogen) atoms. The molecule has 0 saturated heterocycles. The molecule has 2 unspecified atom stereocenters. The minimum absolute atomic E-state index is 0.0428.